The van der Waals surface area contributed by atoms with Gasteiger partial charge in [-0.3, -0.25) is 9.59 Å². The lowest BCUT2D eigenvalue weighted by Crippen LogP contribution is -2.37. The molecule has 1 aliphatic heterocycles. The average molecular weight is 355 g/mol. The van der Waals surface area contributed by atoms with Crippen LogP contribution < -0.4 is 5.32 Å². The van der Waals surface area contributed by atoms with E-state index in [4.69, 9.17) is 0 Å². The topological polar surface area (TPSA) is 80.1 Å². The van der Waals surface area contributed by atoms with Crippen LogP contribution in [0.1, 0.15) is 17.5 Å². The Morgan fingerprint density at radius 1 is 1.32 bits per heavy atom. The van der Waals surface area contributed by atoms with Crippen LogP contribution in [0.15, 0.2) is 30.6 Å². The van der Waals surface area contributed by atoms with Crippen LogP contribution in [0.25, 0.3) is 11.0 Å². The largest absolute Gasteiger partial charge is 0.336 e. The van der Waals surface area contributed by atoms with Crippen molar-refractivity contribution in [1.82, 2.24) is 19.4 Å². The van der Waals surface area contributed by atoms with Gasteiger partial charge in [0.25, 0.3) is 0 Å². The molecule has 0 unspecified atom stereocenters. The third kappa shape index (κ3) is 3.12. The number of nitrogens with zero attached hydrogens (tertiary/aromatic N) is 4. The molecule has 0 spiro atoms. The normalized spacial score (nSPS) is 13.7. The number of para-hydroxylation sites is 2. The second kappa shape index (κ2) is 6.29. The van der Waals surface area contributed by atoms with Gasteiger partial charge < -0.3 is 14.8 Å². The van der Waals surface area contributed by atoms with Gasteiger partial charge in [-0.2, -0.15) is 0 Å². The molecule has 0 bridgehead atoms. The van der Waals surface area contributed by atoms with Crippen LogP contribution in [0.3, 0.4) is 0 Å². The highest BCUT2D eigenvalue weighted by molar-refractivity contribution is 7.15. The zero-order valence-electron chi connectivity index (χ0n) is 13.7. The maximum Gasteiger partial charge on any atom is 0.242 e. The minimum atomic E-state index is -0.133. The number of imidazole rings is 1. The van der Waals surface area contributed by atoms with Crippen LogP contribution >= 0.6 is 11.3 Å². The van der Waals surface area contributed by atoms with Gasteiger partial charge in [0.2, 0.25) is 11.8 Å². The van der Waals surface area contributed by atoms with E-state index in [0.29, 0.717) is 24.6 Å². The van der Waals surface area contributed by atoms with Crippen molar-refractivity contribution < 1.29 is 9.59 Å². The van der Waals surface area contributed by atoms with Gasteiger partial charge in [0.15, 0.2) is 5.13 Å². The van der Waals surface area contributed by atoms with E-state index in [9.17, 15) is 9.59 Å². The second-order valence-electron chi connectivity index (χ2n) is 6.00. The van der Waals surface area contributed by atoms with E-state index in [1.54, 1.807) is 6.33 Å². The van der Waals surface area contributed by atoms with E-state index in [1.165, 1.54) is 18.3 Å². The SMILES string of the molecule is CC(=O)Nc1nc2c(s1)CN(C(=O)Cn1cnc3ccccc31)CC2. The van der Waals surface area contributed by atoms with Crippen LogP contribution in [0.4, 0.5) is 5.13 Å². The van der Waals surface area contributed by atoms with Crippen molar-refractivity contribution in [2.75, 3.05) is 11.9 Å². The van der Waals surface area contributed by atoms with Gasteiger partial charge in [-0.25, -0.2) is 9.97 Å². The summed E-state index contributed by atoms with van der Waals surface area (Å²) in [5, 5.41) is 3.32. The maximum absolute atomic E-state index is 12.7. The highest BCUT2D eigenvalue weighted by atomic mass is 32.1. The molecule has 2 amide bonds. The number of anilines is 1. The molecule has 0 saturated carbocycles. The van der Waals surface area contributed by atoms with Gasteiger partial charge in [0.1, 0.15) is 6.54 Å². The maximum atomic E-state index is 12.7. The number of hydrogen-bond acceptors (Lipinski definition) is 5. The zero-order valence-corrected chi connectivity index (χ0v) is 14.5. The Balaban J connectivity index is 1.48. The number of hydrogen-bond donors (Lipinski definition) is 1. The molecular weight excluding hydrogens is 338 g/mol. The van der Waals surface area contributed by atoms with Crippen LogP contribution in [0.2, 0.25) is 0 Å². The quantitative estimate of drug-likeness (QED) is 0.780. The number of carbonyl (C=O) groups excluding carboxylic acids is 2. The molecule has 1 N–H and O–H groups in total. The van der Waals surface area contributed by atoms with Crippen molar-refractivity contribution in [1.29, 1.82) is 0 Å². The first-order valence-electron chi connectivity index (χ1n) is 8.04. The monoisotopic (exact) mass is 355 g/mol. The fourth-order valence-corrected chi connectivity index (χ4v) is 4.06. The van der Waals surface area contributed by atoms with E-state index in [-0.39, 0.29) is 18.4 Å². The molecule has 8 heteroatoms. The Morgan fingerprint density at radius 3 is 3.00 bits per heavy atom. The van der Waals surface area contributed by atoms with Gasteiger partial charge in [0.05, 0.1) is 29.6 Å². The Bertz CT molecular complexity index is 961. The van der Waals surface area contributed by atoms with Crippen molar-refractivity contribution in [2.24, 2.45) is 0 Å². The lowest BCUT2D eigenvalue weighted by Gasteiger charge is -2.26. The molecule has 25 heavy (non-hydrogen) atoms. The number of nitrogens with one attached hydrogen (secondary N) is 1. The van der Waals surface area contributed by atoms with Crippen LogP contribution in [0, 0.1) is 0 Å². The molecule has 128 valence electrons. The summed E-state index contributed by atoms with van der Waals surface area (Å²) >= 11 is 1.44. The Morgan fingerprint density at radius 2 is 2.16 bits per heavy atom. The minimum absolute atomic E-state index is 0.0586. The first kappa shape index (κ1) is 15.8. The first-order valence-corrected chi connectivity index (χ1v) is 8.85. The van der Waals surface area contributed by atoms with Crippen molar-refractivity contribution in [2.45, 2.75) is 26.4 Å². The van der Waals surface area contributed by atoms with Gasteiger partial charge in [0, 0.05) is 24.8 Å². The Hall–Kier alpha value is -2.74. The number of thiazole rings is 1. The van der Waals surface area contributed by atoms with E-state index >= 15 is 0 Å². The van der Waals surface area contributed by atoms with E-state index < -0.39 is 0 Å². The fourth-order valence-electron chi connectivity index (χ4n) is 2.99. The number of aromatic nitrogens is 3. The molecule has 3 aromatic rings. The molecule has 4 rings (SSSR count). The predicted molar refractivity (Wildman–Crippen MR) is 95.3 cm³/mol. The lowest BCUT2D eigenvalue weighted by atomic mass is 10.2. The molecule has 3 heterocycles. The van der Waals surface area contributed by atoms with Crippen molar-refractivity contribution >= 4 is 39.3 Å². The highest BCUT2D eigenvalue weighted by Crippen LogP contribution is 2.28. The summed E-state index contributed by atoms with van der Waals surface area (Å²) in [6.45, 7) is 2.92. The molecule has 0 saturated heterocycles. The summed E-state index contributed by atoms with van der Waals surface area (Å²) in [5.74, 6) is -0.0747. The standard InChI is InChI=1S/C17H17N5O2S/c1-11(23)19-17-20-13-6-7-21(8-15(13)25-17)16(24)9-22-10-18-12-4-2-3-5-14(12)22/h2-5,10H,6-9H2,1H3,(H,19,20,23). The summed E-state index contributed by atoms with van der Waals surface area (Å²) in [6.07, 6.45) is 2.42. The molecule has 2 aromatic heterocycles. The van der Waals surface area contributed by atoms with Crippen LogP contribution in [-0.4, -0.2) is 37.8 Å². The molecule has 7 nitrogen and oxygen atoms in total. The molecule has 0 aliphatic carbocycles. The zero-order chi connectivity index (χ0) is 17.4. The molecule has 0 radical (unpaired) electrons. The summed E-state index contributed by atoms with van der Waals surface area (Å²) < 4.78 is 1.88. The van der Waals surface area contributed by atoms with Crippen molar-refractivity contribution in [3.8, 4) is 0 Å². The summed E-state index contributed by atoms with van der Waals surface area (Å²) in [7, 11) is 0. The highest BCUT2D eigenvalue weighted by Gasteiger charge is 2.24. The lowest BCUT2D eigenvalue weighted by molar-refractivity contribution is -0.132. The summed E-state index contributed by atoms with van der Waals surface area (Å²) in [4.78, 5) is 35.5. The van der Waals surface area contributed by atoms with Crippen molar-refractivity contribution in [3.63, 3.8) is 0 Å². The number of benzene rings is 1. The Labute approximate surface area is 148 Å². The summed E-state index contributed by atoms with van der Waals surface area (Å²) in [5.41, 5.74) is 2.82. The number of fused-ring (bicyclic) bond motifs is 2. The van der Waals surface area contributed by atoms with E-state index in [1.807, 2.05) is 33.7 Å². The smallest absolute Gasteiger partial charge is 0.242 e. The molecular formula is C17H17N5O2S. The van der Waals surface area contributed by atoms with Crippen LogP contribution in [0.5, 0.6) is 0 Å². The fraction of sp³-hybridized carbons (Fsp3) is 0.294. The molecule has 0 atom stereocenters. The molecule has 1 aromatic carbocycles. The number of amides is 2. The van der Waals surface area contributed by atoms with Gasteiger partial charge >= 0.3 is 0 Å². The van der Waals surface area contributed by atoms with E-state index in [2.05, 4.69) is 15.3 Å². The third-order valence-electron chi connectivity index (χ3n) is 4.20. The van der Waals surface area contributed by atoms with Gasteiger partial charge in [-0.05, 0) is 12.1 Å². The second-order valence-corrected chi connectivity index (χ2v) is 7.08. The predicted octanol–water partition coefficient (Wildman–Crippen LogP) is 2.04. The third-order valence-corrected chi connectivity index (χ3v) is 5.20. The summed E-state index contributed by atoms with van der Waals surface area (Å²) in [6, 6.07) is 7.78. The number of rotatable bonds is 3. The minimum Gasteiger partial charge on any atom is -0.336 e. The first-order chi connectivity index (χ1) is 12.1. The molecule has 0 fully saturated rings. The van der Waals surface area contributed by atoms with Gasteiger partial charge in [-0.1, -0.05) is 23.5 Å². The average Bonchev–Trinajstić information content (AvgIpc) is 3.17. The van der Waals surface area contributed by atoms with Crippen LogP contribution in [-0.2, 0) is 29.1 Å². The number of carbonyl (C=O) groups is 2. The van der Waals surface area contributed by atoms with E-state index in [0.717, 1.165) is 21.6 Å². The van der Waals surface area contributed by atoms with Crippen molar-refractivity contribution in [3.05, 3.63) is 41.2 Å². The van der Waals surface area contributed by atoms with Gasteiger partial charge in [-0.15, -0.1) is 0 Å². The Kier molecular flexibility index (Phi) is 3.96. The molecule has 1 aliphatic rings.